The number of nitrogen functional groups attached to an aromatic ring is 1. The molecule has 1 atom stereocenters. The number of nitrogens with one attached hydrogen (secondary N) is 1. The van der Waals surface area contributed by atoms with E-state index < -0.39 is 10.0 Å². The van der Waals surface area contributed by atoms with E-state index in [2.05, 4.69) is 16.5 Å². The first kappa shape index (κ1) is 14.1. The zero-order chi connectivity index (χ0) is 14.0. The maximum Gasteiger partial charge on any atom is 0.240 e. The van der Waals surface area contributed by atoms with Crippen molar-refractivity contribution in [2.45, 2.75) is 25.2 Å². The highest BCUT2D eigenvalue weighted by Crippen LogP contribution is 2.30. The molecule has 0 saturated carbocycles. The van der Waals surface area contributed by atoms with Crippen molar-refractivity contribution in [3.8, 4) is 0 Å². The second-order valence-corrected chi connectivity index (χ2v) is 6.83. The van der Waals surface area contributed by atoms with E-state index in [-0.39, 0.29) is 4.90 Å². The molecule has 1 heterocycles. The number of nitrogens with zero attached hydrogens (tertiary/aromatic N) is 1. The lowest BCUT2D eigenvalue weighted by Crippen LogP contribution is -2.24. The number of nitrogens with two attached hydrogens (primary N) is 1. The normalized spacial score (nSPS) is 19.9. The lowest BCUT2D eigenvalue weighted by atomic mass is 10.2. The number of anilines is 2. The minimum atomic E-state index is -3.42. The van der Waals surface area contributed by atoms with Gasteiger partial charge in [-0.2, -0.15) is 0 Å². The Morgan fingerprint density at radius 2 is 2.21 bits per heavy atom. The highest BCUT2D eigenvalue weighted by atomic mass is 32.2. The largest absolute Gasteiger partial charge is 0.397 e. The zero-order valence-corrected chi connectivity index (χ0v) is 12.2. The molecule has 6 heteroatoms. The highest BCUT2D eigenvalue weighted by Gasteiger charge is 2.22. The quantitative estimate of drug-likeness (QED) is 0.819. The van der Waals surface area contributed by atoms with Crippen molar-refractivity contribution < 1.29 is 8.42 Å². The Bertz CT molecular complexity index is 557. The van der Waals surface area contributed by atoms with Crippen LogP contribution >= 0.6 is 0 Å². The van der Waals surface area contributed by atoms with Crippen molar-refractivity contribution in [2.24, 2.45) is 5.92 Å². The molecule has 1 aromatic rings. The summed E-state index contributed by atoms with van der Waals surface area (Å²) in [6, 6.07) is 4.89. The molecule has 1 aliphatic rings. The summed E-state index contributed by atoms with van der Waals surface area (Å²) in [5, 5.41) is 0. The molecule has 1 fully saturated rings. The standard InChI is InChI=1S/C13H21N3O2S/c1-3-15-19(17,18)11-4-5-12(14)13(8-11)16-7-6-10(2)9-16/h4-5,8,10,15H,3,6-7,9,14H2,1-2H3. The fraction of sp³-hybridized carbons (Fsp3) is 0.538. The molecule has 2 rings (SSSR count). The third-order valence-corrected chi connectivity index (χ3v) is 4.95. The zero-order valence-electron chi connectivity index (χ0n) is 11.4. The second kappa shape index (κ2) is 5.38. The van der Waals surface area contributed by atoms with Crippen LogP contribution in [0, 0.1) is 5.92 Å². The average molecular weight is 283 g/mol. The van der Waals surface area contributed by atoms with E-state index in [1.165, 1.54) is 0 Å². The molecule has 0 aliphatic carbocycles. The van der Waals surface area contributed by atoms with Gasteiger partial charge in [-0.1, -0.05) is 13.8 Å². The molecule has 1 saturated heterocycles. The first-order valence-electron chi connectivity index (χ1n) is 6.58. The second-order valence-electron chi connectivity index (χ2n) is 5.06. The van der Waals surface area contributed by atoms with Gasteiger partial charge in [0.05, 0.1) is 16.3 Å². The molecule has 1 unspecified atom stereocenters. The summed E-state index contributed by atoms with van der Waals surface area (Å²) in [4.78, 5) is 2.43. The van der Waals surface area contributed by atoms with Crippen LogP contribution in [0.2, 0.25) is 0 Å². The van der Waals surface area contributed by atoms with E-state index in [1.807, 2.05) is 0 Å². The van der Waals surface area contributed by atoms with Crippen molar-refractivity contribution in [1.29, 1.82) is 0 Å². The molecule has 1 aromatic carbocycles. The van der Waals surface area contributed by atoms with Gasteiger partial charge in [-0.05, 0) is 30.5 Å². The van der Waals surface area contributed by atoms with Crippen LogP contribution in [0.15, 0.2) is 23.1 Å². The lowest BCUT2D eigenvalue weighted by Gasteiger charge is -2.21. The van der Waals surface area contributed by atoms with Gasteiger partial charge >= 0.3 is 0 Å². The Labute approximate surface area is 114 Å². The fourth-order valence-corrected chi connectivity index (χ4v) is 3.45. The fourth-order valence-electron chi connectivity index (χ4n) is 2.39. The van der Waals surface area contributed by atoms with Crippen LogP contribution in [0.5, 0.6) is 0 Å². The molecule has 0 radical (unpaired) electrons. The van der Waals surface area contributed by atoms with Gasteiger partial charge in [-0.25, -0.2) is 13.1 Å². The van der Waals surface area contributed by atoms with Crippen LogP contribution in [0.1, 0.15) is 20.3 Å². The topological polar surface area (TPSA) is 75.4 Å². The monoisotopic (exact) mass is 283 g/mol. The van der Waals surface area contributed by atoms with Crippen LogP contribution < -0.4 is 15.4 Å². The summed E-state index contributed by atoms with van der Waals surface area (Å²) < 4.78 is 26.5. The average Bonchev–Trinajstić information content (AvgIpc) is 2.76. The van der Waals surface area contributed by atoms with E-state index in [9.17, 15) is 8.42 Å². The molecule has 106 valence electrons. The van der Waals surface area contributed by atoms with Gasteiger partial charge in [0.15, 0.2) is 0 Å². The number of rotatable bonds is 4. The van der Waals surface area contributed by atoms with Crippen LogP contribution in [-0.4, -0.2) is 28.1 Å². The van der Waals surface area contributed by atoms with Crippen molar-refractivity contribution in [3.63, 3.8) is 0 Å². The third kappa shape index (κ3) is 3.01. The van der Waals surface area contributed by atoms with Crippen LogP contribution in [-0.2, 0) is 10.0 Å². The number of benzene rings is 1. The predicted molar refractivity (Wildman–Crippen MR) is 77.7 cm³/mol. The smallest absolute Gasteiger partial charge is 0.240 e. The van der Waals surface area contributed by atoms with Crippen molar-refractivity contribution in [2.75, 3.05) is 30.3 Å². The highest BCUT2D eigenvalue weighted by molar-refractivity contribution is 7.89. The summed E-state index contributed by atoms with van der Waals surface area (Å²) in [7, 11) is -3.42. The van der Waals surface area contributed by atoms with Gasteiger partial charge in [0.1, 0.15) is 0 Å². The van der Waals surface area contributed by atoms with Crippen molar-refractivity contribution in [3.05, 3.63) is 18.2 Å². The summed E-state index contributed by atoms with van der Waals surface area (Å²) in [6.45, 7) is 6.18. The van der Waals surface area contributed by atoms with E-state index in [0.29, 0.717) is 18.2 Å². The van der Waals surface area contributed by atoms with E-state index in [1.54, 1.807) is 25.1 Å². The summed E-state index contributed by atoms with van der Waals surface area (Å²) >= 11 is 0. The van der Waals surface area contributed by atoms with Gasteiger partial charge in [0, 0.05) is 19.6 Å². The van der Waals surface area contributed by atoms with Crippen molar-refractivity contribution in [1.82, 2.24) is 4.72 Å². The maximum atomic E-state index is 12.0. The molecular weight excluding hydrogens is 262 g/mol. The van der Waals surface area contributed by atoms with Gasteiger partial charge in [0.2, 0.25) is 10.0 Å². The number of hydrogen-bond donors (Lipinski definition) is 2. The molecule has 3 N–H and O–H groups in total. The molecule has 0 bridgehead atoms. The summed E-state index contributed by atoms with van der Waals surface area (Å²) in [5.41, 5.74) is 7.43. The molecule has 1 aliphatic heterocycles. The Morgan fingerprint density at radius 3 is 2.79 bits per heavy atom. The molecule has 19 heavy (non-hydrogen) atoms. The molecule has 0 spiro atoms. The Morgan fingerprint density at radius 1 is 1.47 bits per heavy atom. The van der Waals surface area contributed by atoms with E-state index >= 15 is 0 Å². The van der Waals surface area contributed by atoms with Gasteiger partial charge in [-0.15, -0.1) is 0 Å². The van der Waals surface area contributed by atoms with Crippen LogP contribution in [0.3, 0.4) is 0 Å². The van der Waals surface area contributed by atoms with Crippen LogP contribution in [0.4, 0.5) is 11.4 Å². The number of sulfonamides is 1. The van der Waals surface area contributed by atoms with Gasteiger partial charge in [-0.3, -0.25) is 0 Å². The van der Waals surface area contributed by atoms with Gasteiger partial charge < -0.3 is 10.6 Å². The Kier molecular flexibility index (Phi) is 4.01. The van der Waals surface area contributed by atoms with Crippen LogP contribution in [0.25, 0.3) is 0 Å². The third-order valence-electron chi connectivity index (χ3n) is 3.41. The minimum Gasteiger partial charge on any atom is -0.397 e. The minimum absolute atomic E-state index is 0.276. The first-order valence-corrected chi connectivity index (χ1v) is 8.06. The Hall–Kier alpha value is -1.27. The Balaban J connectivity index is 2.35. The predicted octanol–water partition coefficient (Wildman–Crippen LogP) is 1.41. The summed E-state index contributed by atoms with van der Waals surface area (Å²) in [5.74, 6) is 0.619. The maximum absolute atomic E-state index is 12.0. The molecule has 0 amide bonds. The SMILES string of the molecule is CCNS(=O)(=O)c1ccc(N)c(N2CCC(C)C2)c1. The van der Waals surface area contributed by atoms with E-state index in [0.717, 1.165) is 25.2 Å². The molecule has 5 nitrogen and oxygen atoms in total. The molecular formula is C13H21N3O2S. The van der Waals surface area contributed by atoms with Gasteiger partial charge in [0.25, 0.3) is 0 Å². The van der Waals surface area contributed by atoms with Crippen molar-refractivity contribution >= 4 is 21.4 Å². The van der Waals surface area contributed by atoms with E-state index in [4.69, 9.17) is 5.73 Å². The molecule has 0 aromatic heterocycles. The summed E-state index contributed by atoms with van der Waals surface area (Å²) in [6.07, 6.45) is 1.11. The first-order chi connectivity index (χ1) is 8.94. The lowest BCUT2D eigenvalue weighted by molar-refractivity contribution is 0.584. The number of hydrogen-bond acceptors (Lipinski definition) is 4.